The molecule has 7 nitrogen and oxygen atoms in total. The van der Waals surface area contributed by atoms with E-state index < -0.39 is 0 Å². The Kier molecular flexibility index (Phi) is 5.78. The van der Waals surface area contributed by atoms with Crippen LogP contribution in [-0.4, -0.2) is 58.6 Å². The summed E-state index contributed by atoms with van der Waals surface area (Å²) in [7, 11) is 0. The van der Waals surface area contributed by atoms with Crippen molar-refractivity contribution >= 4 is 17.0 Å². The summed E-state index contributed by atoms with van der Waals surface area (Å²) in [5.41, 5.74) is 3.10. The number of ether oxygens (including phenoxy) is 2. The van der Waals surface area contributed by atoms with E-state index in [4.69, 9.17) is 14.5 Å². The van der Waals surface area contributed by atoms with Crippen LogP contribution in [0.15, 0.2) is 42.5 Å². The number of nitrogens with zero attached hydrogens (tertiary/aromatic N) is 3. The monoisotopic (exact) mass is 395 g/mol. The fourth-order valence-corrected chi connectivity index (χ4v) is 3.59. The van der Waals surface area contributed by atoms with E-state index in [9.17, 15) is 9.90 Å². The molecule has 0 unspecified atom stereocenters. The SMILES string of the molecule is CCOC(=O)c1ccc2c(c1)nc(-c1ccc(O)cc1)n2CCN1CCCOC1. The van der Waals surface area contributed by atoms with Gasteiger partial charge in [-0.1, -0.05) is 0 Å². The molecule has 0 spiro atoms. The van der Waals surface area contributed by atoms with Crippen LogP contribution < -0.4 is 0 Å². The summed E-state index contributed by atoms with van der Waals surface area (Å²) in [6.45, 7) is 6.20. The summed E-state index contributed by atoms with van der Waals surface area (Å²) < 4.78 is 12.8. The molecule has 1 aromatic heterocycles. The van der Waals surface area contributed by atoms with Gasteiger partial charge in [-0.2, -0.15) is 0 Å². The molecule has 0 atom stereocenters. The highest BCUT2D eigenvalue weighted by atomic mass is 16.5. The first-order valence-corrected chi connectivity index (χ1v) is 9.92. The van der Waals surface area contributed by atoms with Crippen molar-refractivity contribution in [3.63, 3.8) is 0 Å². The molecule has 1 saturated heterocycles. The van der Waals surface area contributed by atoms with Gasteiger partial charge in [0.15, 0.2) is 0 Å². The summed E-state index contributed by atoms with van der Waals surface area (Å²) >= 11 is 0. The van der Waals surface area contributed by atoms with E-state index in [2.05, 4.69) is 9.47 Å². The third kappa shape index (κ3) is 4.26. The molecule has 2 aromatic carbocycles. The zero-order valence-electron chi connectivity index (χ0n) is 16.5. The first-order valence-electron chi connectivity index (χ1n) is 9.92. The Balaban J connectivity index is 1.71. The number of hydrogen-bond acceptors (Lipinski definition) is 6. The van der Waals surface area contributed by atoms with E-state index in [0.717, 1.165) is 55.1 Å². The summed E-state index contributed by atoms with van der Waals surface area (Å²) in [6, 6.07) is 12.5. The van der Waals surface area contributed by atoms with Gasteiger partial charge in [0, 0.05) is 31.8 Å². The maximum absolute atomic E-state index is 12.1. The number of benzene rings is 2. The number of esters is 1. The number of phenols is 1. The Hall–Kier alpha value is -2.90. The van der Waals surface area contributed by atoms with Gasteiger partial charge in [-0.05, 0) is 55.8 Å². The van der Waals surface area contributed by atoms with E-state index in [-0.39, 0.29) is 11.7 Å². The van der Waals surface area contributed by atoms with Crippen molar-refractivity contribution < 1.29 is 19.4 Å². The quantitative estimate of drug-likeness (QED) is 0.646. The van der Waals surface area contributed by atoms with Crippen LogP contribution in [0.25, 0.3) is 22.4 Å². The number of rotatable bonds is 6. The molecule has 2 heterocycles. The van der Waals surface area contributed by atoms with Crippen molar-refractivity contribution in [2.45, 2.75) is 19.9 Å². The van der Waals surface area contributed by atoms with Crippen molar-refractivity contribution in [1.29, 1.82) is 0 Å². The fraction of sp³-hybridized carbons (Fsp3) is 0.364. The standard InChI is InChI=1S/C22H25N3O4/c1-2-29-22(27)17-6-9-20-19(14-17)23-21(16-4-7-18(26)8-5-16)25(20)12-11-24-10-3-13-28-15-24/h4-9,14,26H,2-3,10-13,15H2,1H3. The predicted molar refractivity (Wildman–Crippen MR) is 110 cm³/mol. The highest BCUT2D eigenvalue weighted by Gasteiger charge is 2.17. The molecule has 0 aliphatic carbocycles. The molecule has 3 aromatic rings. The smallest absolute Gasteiger partial charge is 0.338 e. The molecule has 7 heteroatoms. The van der Waals surface area contributed by atoms with Gasteiger partial charge >= 0.3 is 5.97 Å². The van der Waals surface area contributed by atoms with Gasteiger partial charge in [0.1, 0.15) is 11.6 Å². The third-order valence-corrected chi connectivity index (χ3v) is 5.06. The summed E-state index contributed by atoms with van der Waals surface area (Å²) in [5, 5.41) is 9.64. The normalized spacial score (nSPS) is 14.9. The summed E-state index contributed by atoms with van der Waals surface area (Å²) in [6.07, 6.45) is 1.04. The maximum atomic E-state index is 12.1. The number of aromatic hydroxyl groups is 1. The zero-order valence-corrected chi connectivity index (χ0v) is 16.5. The van der Waals surface area contributed by atoms with Crippen molar-refractivity contribution in [3.05, 3.63) is 48.0 Å². The molecule has 0 radical (unpaired) electrons. The molecule has 152 valence electrons. The van der Waals surface area contributed by atoms with Crippen LogP contribution in [-0.2, 0) is 16.0 Å². The topological polar surface area (TPSA) is 76.8 Å². The van der Waals surface area contributed by atoms with Gasteiger partial charge in [0.05, 0.1) is 29.9 Å². The van der Waals surface area contributed by atoms with Crippen molar-refractivity contribution in [3.8, 4) is 17.1 Å². The van der Waals surface area contributed by atoms with Crippen molar-refractivity contribution in [1.82, 2.24) is 14.5 Å². The van der Waals surface area contributed by atoms with Gasteiger partial charge in [-0.25, -0.2) is 9.78 Å². The molecule has 4 rings (SSSR count). The van der Waals surface area contributed by atoms with Crippen molar-refractivity contribution in [2.24, 2.45) is 0 Å². The zero-order chi connectivity index (χ0) is 20.2. The molecule has 1 aliphatic heterocycles. The fourth-order valence-electron chi connectivity index (χ4n) is 3.59. The van der Waals surface area contributed by atoms with E-state index >= 15 is 0 Å². The minimum atomic E-state index is -0.347. The van der Waals surface area contributed by atoms with Gasteiger partial charge < -0.3 is 19.1 Å². The first-order chi connectivity index (χ1) is 14.2. The number of hydrogen-bond donors (Lipinski definition) is 1. The lowest BCUT2D eigenvalue weighted by atomic mass is 10.2. The second kappa shape index (κ2) is 8.63. The van der Waals surface area contributed by atoms with Crippen LogP contribution in [0, 0.1) is 0 Å². The van der Waals surface area contributed by atoms with Crippen LogP contribution >= 0.6 is 0 Å². The Morgan fingerprint density at radius 2 is 2.03 bits per heavy atom. The Bertz CT molecular complexity index is 991. The van der Waals surface area contributed by atoms with E-state index in [0.29, 0.717) is 18.9 Å². The second-order valence-electron chi connectivity index (χ2n) is 7.07. The predicted octanol–water partition coefficient (Wildman–Crippen LogP) is 3.27. The molecular weight excluding hydrogens is 370 g/mol. The molecule has 1 N–H and O–H groups in total. The molecule has 0 saturated carbocycles. The molecule has 0 bridgehead atoms. The lowest BCUT2D eigenvalue weighted by Gasteiger charge is -2.26. The Morgan fingerprint density at radius 3 is 2.76 bits per heavy atom. The average molecular weight is 395 g/mol. The van der Waals surface area contributed by atoms with E-state index in [1.54, 1.807) is 31.2 Å². The van der Waals surface area contributed by atoms with Gasteiger partial charge in [-0.3, -0.25) is 4.90 Å². The van der Waals surface area contributed by atoms with Gasteiger partial charge in [0.2, 0.25) is 0 Å². The molecule has 1 fully saturated rings. The number of aromatic nitrogens is 2. The van der Waals surface area contributed by atoms with Crippen molar-refractivity contribution in [2.75, 3.05) is 33.0 Å². The lowest BCUT2D eigenvalue weighted by molar-refractivity contribution is -0.0144. The van der Waals surface area contributed by atoms with E-state index in [1.807, 2.05) is 18.2 Å². The number of phenolic OH excluding ortho intramolecular Hbond substituents is 1. The van der Waals surface area contributed by atoms with Crippen LogP contribution in [0.5, 0.6) is 5.75 Å². The third-order valence-electron chi connectivity index (χ3n) is 5.06. The number of fused-ring (bicyclic) bond motifs is 1. The van der Waals surface area contributed by atoms with E-state index in [1.165, 1.54) is 0 Å². The van der Waals surface area contributed by atoms with Crippen LogP contribution in [0.4, 0.5) is 0 Å². The van der Waals surface area contributed by atoms with Gasteiger partial charge in [-0.15, -0.1) is 0 Å². The number of imidazole rings is 1. The molecule has 29 heavy (non-hydrogen) atoms. The van der Waals surface area contributed by atoms with Crippen LogP contribution in [0.1, 0.15) is 23.7 Å². The molecular formula is C22H25N3O4. The highest BCUT2D eigenvalue weighted by Crippen LogP contribution is 2.27. The van der Waals surface area contributed by atoms with Gasteiger partial charge in [0.25, 0.3) is 0 Å². The molecule has 1 aliphatic rings. The Labute approximate surface area is 169 Å². The minimum absolute atomic E-state index is 0.214. The highest BCUT2D eigenvalue weighted by molar-refractivity contribution is 5.94. The lowest BCUT2D eigenvalue weighted by Crippen LogP contribution is -2.35. The maximum Gasteiger partial charge on any atom is 0.338 e. The Morgan fingerprint density at radius 1 is 1.21 bits per heavy atom. The summed E-state index contributed by atoms with van der Waals surface area (Å²) in [5.74, 6) is 0.672. The van der Waals surface area contributed by atoms with Crippen LogP contribution in [0.2, 0.25) is 0 Å². The first kappa shape index (κ1) is 19.4. The molecule has 0 amide bonds. The second-order valence-corrected chi connectivity index (χ2v) is 7.07. The number of carbonyl (C=O) groups is 1. The van der Waals surface area contributed by atoms with Crippen LogP contribution in [0.3, 0.4) is 0 Å². The average Bonchev–Trinajstić information content (AvgIpc) is 3.11. The largest absolute Gasteiger partial charge is 0.508 e. The summed E-state index contributed by atoms with van der Waals surface area (Å²) in [4.78, 5) is 19.2. The number of carbonyl (C=O) groups excluding carboxylic acids is 1. The minimum Gasteiger partial charge on any atom is -0.508 e.